The Labute approximate surface area is 101 Å². The summed E-state index contributed by atoms with van der Waals surface area (Å²) in [4.78, 5) is 21.5. The molecule has 0 spiro atoms. The molecule has 0 saturated heterocycles. The lowest BCUT2D eigenvalue weighted by Gasteiger charge is -2.03. The van der Waals surface area contributed by atoms with Gasteiger partial charge in [-0.05, 0) is 24.8 Å². The number of amides is 2. The molecule has 1 rings (SSSR count). The first-order valence-electron chi connectivity index (χ1n) is 5.73. The largest absolute Gasteiger partial charge is 0.347 e. The lowest BCUT2D eigenvalue weighted by Crippen LogP contribution is -2.29. The van der Waals surface area contributed by atoms with Crippen LogP contribution in [0, 0.1) is 0 Å². The molecule has 91 valence electrons. The maximum Gasteiger partial charge on any atom is 0.257 e. The fourth-order valence-electron chi connectivity index (χ4n) is 1.53. The van der Waals surface area contributed by atoms with Crippen molar-refractivity contribution < 1.29 is 9.59 Å². The Morgan fingerprint density at radius 3 is 2.47 bits per heavy atom. The van der Waals surface area contributed by atoms with Gasteiger partial charge in [0.25, 0.3) is 5.91 Å². The molecule has 17 heavy (non-hydrogen) atoms. The smallest absolute Gasteiger partial charge is 0.257 e. The molecule has 1 aromatic rings. The normalized spacial score (nSPS) is 9.88. The zero-order chi connectivity index (χ0) is 12.5. The molecular weight excluding hydrogens is 216 g/mol. The van der Waals surface area contributed by atoms with Crippen molar-refractivity contribution in [2.24, 2.45) is 0 Å². The van der Waals surface area contributed by atoms with E-state index in [2.05, 4.69) is 17.4 Å². The quantitative estimate of drug-likeness (QED) is 0.722. The van der Waals surface area contributed by atoms with E-state index in [1.807, 2.05) is 18.2 Å². The van der Waals surface area contributed by atoms with Crippen LogP contribution in [0.15, 0.2) is 30.3 Å². The predicted molar refractivity (Wildman–Crippen MR) is 65.1 cm³/mol. The summed E-state index contributed by atoms with van der Waals surface area (Å²) in [5.41, 5.74) is 7.92. The molecule has 0 saturated carbocycles. The van der Waals surface area contributed by atoms with Crippen molar-refractivity contribution >= 4 is 11.8 Å². The lowest BCUT2D eigenvalue weighted by atomic mass is 10.1. The molecule has 4 nitrogen and oxygen atoms in total. The van der Waals surface area contributed by atoms with Gasteiger partial charge >= 0.3 is 0 Å². The van der Waals surface area contributed by atoms with E-state index in [0.29, 0.717) is 6.42 Å². The number of carbonyl (C=O) groups is 2. The van der Waals surface area contributed by atoms with Crippen molar-refractivity contribution in [3.05, 3.63) is 35.9 Å². The zero-order valence-corrected chi connectivity index (χ0v) is 9.74. The van der Waals surface area contributed by atoms with Crippen LogP contribution >= 0.6 is 0 Å². The van der Waals surface area contributed by atoms with Crippen LogP contribution < -0.4 is 11.1 Å². The van der Waals surface area contributed by atoms with Gasteiger partial charge < -0.3 is 5.32 Å². The summed E-state index contributed by atoms with van der Waals surface area (Å²) in [7, 11) is 0. The predicted octanol–water partition coefficient (Wildman–Crippen LogP) is 1.33. The van der Waals surface area contributed by atoms with E-state index < -0.39 is 5.91 Å². The van der Waals surface area contributed by atoms with Gasteiger partial charge in [-0.15, -0.1) is 0 Å². The van der Waals surface area contributed by atoms with Gasteiger partial charge in [-0.2, -0.15) is 0 Å². The van der Waals surface area contributed by atoms with E-state index in [9.17, 15) is 9.59 Å². The highest BCUT2D eigenvalue weighted by Gasteiger charge is 2.02. The van der Waals surface area contributed by atoms with E-state index in [4.69, 9.17) is 5.73 Å². The van der Waals surface area contributed by atoms with Gasteiger partial charge in [0.15, 0.2) is 0 Å². The van der Waals surface area contributed by atoms with Crippen molar-refractivity contribution in [3.63, 3.8) is 0 Å². The standard InChI is InChI=1S/C13H17N2O2/c14-12(16)10-15-13(17)9-5-4-8-11-6-2-1-3-7-11/h1-3,6-7,14H,4-5,8-10H2,(H,15,17). The second-order valence-corrected chi connectivity index (χ2v) is 3.89. The lowest BCUT2D eigenvalue weighted by molar-refractivity contribution is -0.125. The van der Waals surface area contributed by atoms with Crippen molar-refractivity contribution in [1.29, 1.82) is 0 Å². The summed E-state index contributed by atoms with van der Waals surface area (Å²) in [6, 6.07) is 10.1. The molecule has 1 radical (unpaired) electrons. The number of nitrogens with one attached hydrogen (secondary N) is 2. The molecule has 0 aliphatic carbocycles. The molecule has 0 bridgehead atoms. The number of aryl methyl sites for hydroxylation is 1. The van der Waals surface area contributed by atoms with Crippen molar-refractivity contribution in [3.8, 4) is 0 Å². The Hall–Kier alpha value is -1.84. The SMILES string of the molecule is [NH]C(=O)CNC(=O)CCCCc1ccccc1. The number of carbonyl (C=O) groups excluding carboxylic acids is 2. The van der Waals surface area contributed by atoms with Crippen LogP contribution in [0.25, 0.3) is 0 Å². The Morgan fingerprint density at radius 2 is 1.82 bits per heavy atom. The third-order valence-electron chi connectivity index (χ3n) is 2.41. The Morgan fingerprint density at radius 1 is 1.12 bits per heavy atom. The molecule has 2 N–H and O–H groups in total. The van der Waals surface area contributed by atoms with Crippen LogP contribution in [0.1, 0.15) is 24.8 Å². The highest BCUT2D eigenvalue weighted by molar-refractivity contribution is 5.83. The summed E-state index contributed by atoms with van der Waals surface area (Å²) >= 11 is 0. The number of unbranched alkanes of at least 4 members (excludes halogenated alkanes) is 1. The number of benzene rings is 1. The summed E-state index contributed by atoms with van der Waals surface area (Å²) in [6.45, 7) is -0.183. The molecule has 0 aromatic heterocycles. The number of hydrogen-bond acceptors (Lipinski definition) is 2. The van der Waals surface area contributed by atoms with Crippen molar-refractivity contribution in [1.82, 2.24) is 11.1 Å². The molecular formula is C13H17N2O2. The van der Waals surface area contributed by atoms with Crippen LogP contribution in [-0.2, 0) is 16.0 Å². The minimum Gasteiger partial charge on any atom is -0.347 e. The van der Waals surface area contributed by atoms with Gasteiger partial charge in [-0.3, -0.25) is 15.3 Å². The average Bonchev–Trinajstić information content (AvgIpc) is 2.33. The van der Waals surface area contributed by atoms with Crippen LogP contribution in [0.3, 0.4) is 0 Å². The molecule has 0 atom stereocenters. The van der Waals surface area contributed by atoms with E-state index in [1.165, 1.54) is 5.56 Å². The minimum absolute atomic E-state index is 0.154. The minimum atomic E-state index is -0.761. The molecule has 0 aliphatic rings. The van der Waals surface area contributed by atoms with Gasteiger partial charge in [-0.1, -0.05) is 30.3 Å². The average molecular weight is 233 g/mol. The highest BCUT2D eigenvalue weighted by atomic mass is 16.2. The van der Waals surface area contributed by atoms with Gasteiger partial charge in [0, 0.05) is 6.42 Å². The van der Waals surface area contributed by atoms with Gasteiger partial charge in [0.2, 0.25) is 5.91 Å². The third kappa shape index (κ3) is 6.35. The molecule has 4 heteroatoms. The molecule has 1 aromatic carbocycles. The number of hydrogen-bond donors (Lipinski definition) is 1. The second kappa shape index (κ2) is 7.44. The molecule has 2 amide bonds. The Kier molecular flexibility index (Phi) is 5.79. The number of rotatable bonds is 7. The summed E-state index contributed by atoms with van der Waals surface area (Å²) in [5.74, 6) is -0.915. The monoisotopic (exact) mass is 233 g/mol. The highest BCUT2D eigenvalue weighted by Crippen LogP contribution is 2.05. The Bertz CT molecular complexity index is 363. The molecule has 0 aliphatic heterocycles. The maximum atomic E-state index is 11.2. The van der Waals surface area contributed by atoms with Crippen LogP contribution in [0.2, 0.25) is 0 Å². The summed E-state index contributed by atoms with van der Waals surface area (Å²) < 4.78 is 0. The topological polar surface area (TPSA) is 70.0 Å². The van der Waals surface area contributed by atoms with E-state index in [-0.39, 0.29) is 12.5 Å². The molecule has 0 heterocycles. The maximum absolute atomic E-state index is 11.2. The third-order valence-corrected chi connectivity index (χ3v) is 2.41. The summed E-state index contributed by atoms with van der Waals surface area (Å²) in [6.07, 6.45) is 3.13. The van der Waals surface area contributed by atoms with E-state index >= 15 is 0 Å². The van der Waals surface area contributed by atoms with Crippen LogP contribution in [0.4, 0.5) is 0 Å². The van der Waals surface area contributed by atoms with Gasteiger partial charge in [-0.25, -0.2) is 0 Å². The first kappa shape index (κ1) is 13.2. The van der Waals surface area contributed by atoms with Crippen LogP contribution in [-0.4, -0.2) is 18.4 Å². The zero-order valence-electron chi connectivity index (χ0n) is 9.74. The first-order valence-corrected chi connectivity index (χ1v) is 5.73. The van der Waals surface area contributed by atoms with Crippen molar-refractivity contribution in [2.75, 3.05) is 6.54 Å². The Balaban J connectivity index is 2.08. The van der Waals surface area contributed by atoms with E-state index in [0.717, 1.165) is 19.3 Å². The van der Waals surface area contributed by atoms with Gasteiger partial charge in [0.1, 0.15) is 0 Å². The molecule has 0 fully saturated rings. The summed E-state index contributed by atoms with van der Waals surface area (Å²) in [5, 5.41) is 2.40. The van der Waals surface area contributed by atoms with Crippen molar-refractivity contribution in [2.45, 2.75) is 25.7 Å². The fourth-order valence-corrected chi connectivity index (χ4v) is 1.53. The van der Waals surface area contributed by atoms with E-state index in [1.54, 1.807) is 0 Å². The second-order valence-electron chi connectivity index (χ2n) is 3.89. The van der Waals surface area contributed by atoms with Gasteiger partial charge in [0.05, 0.1) is 6.54 Å². The fraction of sp³-hybridized carbons (Fsp3) is 0.385. The van der Waals surface area contributed by atoms with Crippen LogP contribution in [0.5, 0.6) is 0 Å². The molecule has 0 unspecified atom stereocenters. The first-order chi connectivity index (χ1) is 8.18.